The Morgan fingerprint density at radius 3 is 2.55 bits per heavy atom. The first-order chi connectivity index (χ1) is 10.6. The Morgan fingerprint density at radius 1 is 1.18 bits per heavy atom. The van der Waals surface area contributed by atoms with Gasteiger partial charge in [0.15, 0.2) is 5.78 Å². The van der Waals surface area contributed by atoms with Crippen molar-refractivity contribution < 1.29 is 9.59 Å². The summed E-state index contributed by atoms with van der Waals surface area (Å²) in [5.74, 6) is -0.648. The van der Waals surface area contributed by atoms with Crippen LogP contribution in [0.5, 0.6) is 0 Å². The van der Waals surface area contributed by atoms with E-state index in [0.717, 1.165) is 0 Å². The minimum Gasteiger partial charge on any atom is -0.325 e. The molecule has 0 aromatic heterocycles. The maximum atomic E-state index is 12.7. The molecular weight excluding hydrogens is 368 g/mol. The third-order valence-corrected chi connectivity index (χ3v) is 3.75. The first-order valence-corrected chi connectivity index (χ1v) is 7.76. The van der Waals surface area contributed by atoms with Gasteiger partial charge in [-0.15, -0.1) is 0 Å². The van der Waals surface area contributed by atoms with Crippen molar-refractivity contribution in [3.8, 4) is 6.07 Å². The molecule has 4 nitrogen and oxygen atoms in total. The smallest absolute Gasteiger partial charge is 0.235 e. The highest BCUT2D eigenvalue weighted by Gasteiger charge is 2.18. The van der Waals surface area contributed by atoms with Gasteiger partial charge in [0.2, 0.25) is 5.91 Å². The largest absolute Gasteiger partial charge is 0.325 e. The fourth-order valence-electron chi connectivity index (χ4n) is 1.88. The van der Waals surface area contributed by atoms with Gasteiger partial charge < -0.3 is 5.32 Å². The highest BCUT2D eigenvalue weighted by molar-refractivity contribution is 9.09. The fraction of sp³-hybridized carbons (Fsp3) is 0.0625. The molecule has 0 saturated carbocycles. The Balaban J connectivity index is 2.52. The molecule has 22 heavy (non-hydrogen) atoms. The molecule has 6 heteroatoms. The number of alkyl halides is 1. The van der Waals surface area contributed by atoms with E-state index in [0.29, 0.717) is 21.8 Å². The van der Waals surface area contributed by atoms with Gasteiger partial charge in [0.05, 0.1) is 27.7 Å². The zero-order valence-corrected chi connectivity index (χ0v) is 13.6. The van der Waals surface area contributed by atoms with Crippen molar-refractivity contribution in [1.82, 2.24) is 0 Å². The van der Waals surface area contributed by atoms with E-state index in [1.165, 1.54) is 18.2 Å². The predicted octanol–water partition coefficient (Wildman–Crippen LogP) is 3.78. The van der Waals surface area contributed by atoms with Crippen LogP contribution in [0, 0.1) is 11.3 Å². The van der Waals surface area contributed by atoms with Crippen LogP contribution in [0.4, 0.5) is 5.69 Å². The number of nitrogens with one attached hydrogen (secondary N) is 1. The van der Waals surface area contributed by atoms with Crippen molar-refractivity contribution in [3.63, 3.8) is 0 Å². The quantitative estimate of drug-likeness (QED) is 0.651. The average Bonchev–Trinajstić information content (AvgIpc) is 2.55. The topological polar surface area (TPSA) is 70.0 Å². The van der Waals surface area contributed by atoms with Crippen LogP contribution < -0.4 is 5.32 Å². The van der Waals surface area contributed by atoms with Gasteiger partial charge in [-0.25, -0.2) is 0 Å². The van der Waals surface area contributed by atoms with Gasteiger partial charge in [-0.2, -0.15) is 5.26 Å². The summed E-state index contributed by atoms with van der Waals surface area (Å²) >= 11 is 9.10. The normalized spacial score (nSPS) is 9.86. The molecule has 0 spiro atoms. The first-order valence-electron chi connectivity index (χ1n) is 6.26. The van der Waals surface area contributed by atoms with Crippen molar-refractivity contribution in [2.75, 3.05) is 10.6 Å². The number of benzene rings is 2. The summed E-state index contributed by atoms with van der Waals surface area (Å²) in [6.45, 7) is 0. The lowest BCUT2D eigenvalue weighted by Crippen LogP contribution is -2.16. The fourth-order valence-corrected chi connectivity index (χ4v) is 2.25. The summed E-state index contributed by atoms with van der Waals surface area (Å²) in [6.07, 6.45) is 0. The highest BCUT2D eigenvalue weighted by atomic mass is 79.9. The number of carbonyl (C=O) groups is 2. The number of rotatable bonds is 4. The Kier molecular flexibility index (Phi) is 5.31. The lowest BCUT2D eigenvalue weighted by molar-refractivity contribution is -0.113. The van der Waals surface area contributed by atoms with Crippen molar-refractivity contribution >= 4 is 44.9 Å². The summed E-state index contributed by atoms with van der Waals surface area (Å²) < 4.78 is 0. The standard InChI is InChI=1S/C16H10BrClN2O2/c17-8-15(21)20-14-6-5-10(9-19)7-12(14)16(22)11-3-1-2-4-13(11)18/h1-7H,8H2,(H,20,21). The first kappa shape index (κ1) is 16.2. The Bertz CT molecular complexity index is 784. The van der Waals surface area contributed by atoms with Gasteiger partial charge in [-0.3, -0.25) is 9.59 Å². The van der Waals surface area contributed by atoms with Crippen LogP contribution >= 0.6 is 27.5 Å². The van der Waals surface area contributed by atoms with E-state index < -0.39 is 0 Å². The second-order valence-corrected chi connectivity index (χ2v) is 5.33. The van der Waals surface area contributed by atoms with Crippen molar-refractivity contribution in [2.45, 2.75) is 0 Å². The minimum atomic E-state index is -0.354. The van der Waals surface area contributed by atoms with Crippen molar-refractivity contribution in [2.24, 2.45) is 0 Å². The number of halogens is 2. The second-order valence-electron chi connectivity index (χ2n) is 4.36. The summed E-state index contributed by atoms with van der Waals surface area (Å²) in [7, 11) is 0. The number of hydrogen-bond donors (Lipinski definition) is 1. The van der Waals surface area contributed by atoms with Gasteiger partial charge in [-0.05, 0) is 30.3 Å². The van der Waals surface area contributed by atoms with Crippen molar-refractivity contribution in [3.05, 3.63) is 64.2 Å². The van der Waals surface area contributed by atoms with Crippen LogP contribution in [0.25, 0.3) is 0 Å². The van der Waals surface area contributed by atoms with E-state index >= 15 is 0 Å². The van der Waals surface area contributed by atoms with Crippen LogP contribution in [0.2, 0.25) is 5.02 Å². The molecule has 1 amide bonds. The lowest BCUT2D eigenvalue weighted by atomic mass is 9.99. The van der Waals surface area contributed by atoms with Crippen LogP contribution in [0.15, 0.2) is 42.5 Å². The predicted molar refractivity (Wildman–Crippen MR) is 88.5 cm³/mol. The number of nitriles is 1. The van der Waals surface area contributed by atoms with Gasteiger partial charge >= 0.3 is 0 Å². The highest BCUT2D eigenvalue weighted by Crippen LogP contribution is 2.25. The summed E-state index contributed by atoms with van der Waals surface area (Å²) in [6, 6.07) is 13.1. The van der Waals surface area contributed by atoms with E-state index in [1.807, 2.05) is 6.07 Å². The Morgan fingerprint density at radius 2 is 1.91 bits per heavy atom. The molecule has 0 aliphatic heterocycles. The molecule has 0 atom stereocenters. The number of ketones is 1. The van der Waals surface area contributed by atoms with Crippen molar-refractivity contribution in [1.29, 1.82) is 5.26 Å². The average molecular weight is 378 g/mol. The third-order valence-electron chi connectivity index (χ3n) is 2.91. The molecule has 0 unspecified atom stereocenters. The van der Waals surface area contributed by atoms with Crippen LogP contribution in [0.3, 0.4) is 0 Å². The Labute approximate surface area is 140 Å². The van der Waals surface area contributed by atoms with Gasteiger partial charge in [-0.1, -0.05) is 39.7 Å². The molecule has 0 radical (unpaired) electrons. The number of hydrogen-bond acceptors (Lipinski definition) is 3. The van der Waals surface area contributed by atoms with Gasteiger partial charge in [0.25, 0.3) is 0 Å². The molecule has 0 bridgehead atoms. The van der Waals surface area contributed by atoms with E-state index in [1.54, 1.807) is 24.3 Å². The molecule has 0 aliphatic carbocycles. The molecule has 0 fully saturated rings. The van der Waals surface area contributed by atoms with E-state index in [9.17, 15) is 9.59 Å². The Hall–Kier alpha value is -2.16. The molecular formula is C16H10BrClN2O2. The monoisotopic (exact) mass is 376 g/mol. The van der Waals surface area contributed by atoms with E-state index in [4.69, 9.17) is 16.9 Å². The zero-order valence-electron chi connectivity index (χ0n) is 11.3. The number of amides is 1. The molecule has 2 aromatic carbocycles. The maximum Gasteiger partial charge on any atom is 0.235 e. The SMILES string of the molecule is N#Cc1ccc(NC(=O)CBr)c(C(=O)c2ccccc2Cl)c1. The zero-order chi connectivity index (χ0) is 16.1. The molecule has 2 aromatic rings. The van der Waals surface area contributed by atoms with E-state index in [2.05, 4.69) is 21.2 Å². The summed E-state index contributed by atoms with van der Waals surface area (Å²) in [4.78, 5) is 24.2. The maximum absolute atomic E-state index is 12.7. The number of anilines is 1. The minimum absolute atomic E-state index is 0.104. The lowest BCUT2D eigenvalue weighted by Gasteiger charge is -2.11. The molecule has 0 saturated heterocycles. The van der Waals surface area contributed by atoms with Crippen LogP contribution in [-0.4, -0.2) is 17.0 Å². The number of carbonyl (C=O) groups excluding carboxylic acids is 2. The molecule has 1 N–H and O–H groups in total. The molecule has 110 valence electrons. The molecule has 0 aliphatic rings. The van der Waals surface area contributed by atoms with Crippen LogP contribution in [-0.2, 0) is 4.79 Å². The molecule has 0 heterocycles. The summed E-state index contributed by atoms with van der Waals surface area (Å²) in [5.41, 5.74) is 1.20. The van der Waals surface area contributed by atoms with E-state index in [-0.39, 0.29) is 22.6 Å². The van der Waals surface area contributed by atoms with Gasteiger partial charge in [0, 0.05) is 11.1 Å². The molecule has 2 rings (SSSR count). The van der Waals surface area contributed by atoms with Crippen LogP contribution in [0.1, 0.15) is 21.5 Å². The summed E-state index contributed by atoms with van der Waals surface area (Å²) in [5, 5.41) is 12.0. The third kappa shape index (κ3) is 3.53. The number of nitrogens with zero attached hydrogens (tertiary/aromatic N) is 1. The van der Waals surface area contributed by atoms with Gasteiger partial charge in [0.1, 0.15) is 0 Å². The second kappa shape index (κ2) is 7.21.